The maximum Gasteiger partial charge on any atom is 0.330 e. The van der Waals surface area contributed by atoms with Gasteiger partial charge in [0.05, 0.1) is 6.61 Å². The third-order valence-electron chi connectivity index (χ3n) is 5.02. The molecule has 1 N–H and O–H groups in total. The minimum absolute atomic E-state index is 0.237. The standard InChI is InChI=1S/C20H21N3O4/c1-3-20(2)18(24)23(19(25)22-20)16-7-4-8-17(21-16)27-14-10-9-13-6-5-11-26-15(13)12-14/h4,7-10,12H,3,5-6,11H2,1-2H3,(H,22,25). The number of amides is 3. The van der Waals surface area contributed by atoms with E-state index in [-0.39, 0.29) is 11.7 Å². The summed E-state index contributed by atoms with van der Waals surface area (Å²) in [6.45, 7) is 4.26. The molecule has 1 aromatic heterocycles. The van der Waals surface area contributed by atoms with Gasteiger partial charge in [0, 0.05) is 12.1 Å². The van der Waals surface area contributed by atoms with Gasteiger partial charge in [-0.15, -0.1) is 0 Å². The normalized spacial score (nSPS) is 21.5. The number of imide groups is 1. The van der Waals surface area contributed by atoms with Crippen molar-refractivity contribution >= 4 is 17.8 Å². The van der Waals surface area contributed by atoms with E-state index in [4.69, 9.17) is 9.47 Å². The topological polar surface area (TPSA) is 80.8 Å². The first-order valence-electron chi connectivity index (χ1n) is 9.07. The summed E-state index contributed by atoms with van der Waals surface area (Å²) in [5, 5.41) is 2.72. The zero-order chi connectivity index (χ0) is 19.0. The van der Waals surface area contributed by atoms with Gasteiger partial charge in [-0.25, -0.2) is 9.69 Å². The van der Waals surface area contributed by atoms with Gasteiger partial charge in [-0.1, -0.05) is 19.1 Å². The van der Waals surface area contributed by atoms with Crippen molar-refractivity contribution in [1.29, 1.82) is 0 Å². The number of aryl methyl sites for hydroxylation is 1. The van der Waals surface area contributed by atoms with Crippen molar-refractivity contribution in [2.24, 2.45) is 0 Å². The number of pyridine rings is 1. The van der Waals surface area contributed by atoms with Crippen LogP contribution in [0.25, 0.3) is 0 Å². The predicted molar refractivity (Wildman–Crippen MR) is 99.3 cm³/mol. The molecule has 1 saturated heterocycles. The monoisotopic (exact) mass is 367 g/mol. The molecule has 3 amide bonds. The fourth-order valence-corrected chi connectivity index (χ4v) is 3.22. The fraction of sp³-hybridized carbons (Fsp3) is 0.350. The molecule has 2 aromatic rings. The molecule has 2 aliphatic heterocycles. The van der Waals surface area contributed by atoms with Crippen LogP contribution in [0.1, 0.15) is 32.3 Å². The van der Waals surface area contributed by atoms with Crippen LogP contribution in [0.2, 0.25) is 0 Å². The SMILES string of the molecule is CCC1(C)NC(=O)N(c2cccc(Oc3ccc4c(c3)OCCC4)n2)C1=O. The van der Waals surface area contributed by atoms with E-state index in [1.54, 1.807) is 25.1 Å². The van der Waals surface area contributed by atoms with Crippen LogP contribution in [0, 0.1) is 0 Å². The molecular formula is C20H21N3O4. The Hall–Kier alpha value is -3.09. The van der Waals surface area contributed by atoms with Gasteiger partial charge in [-0.05, 0) is 43.9 Å². The van der Waals surface area contributed by atoms with Crippen molar-refractivity contribution in [3.8, 4) is 17.4 Å². The number of fused-ring (bicyclic) bond motifs is 1. The quantitative estimate of drug-likeness (QED) is 0.838. The van der Waals surface area contributed by atoms with Crippen LogP contribution in [-0.2, 0) is 11.2 Å². The van der Waals surface area contributed by atoms with Crippen molar-refractivity contribution in [3.05, 3.63) is 42.0 Å². The van der Waals surface area contributed by atoms with Crippen molar-refractivity contribution in [2.75, 3.05) is 11.5 Å². The molecule has 7 heteroatoms. The third kappa shape index (κ3) is 3.09. The van der Waals surface area contributed by atoms with Crippen molar-refractivity contribution in [2.45, 2.75) is 38.6 Å². The molecule has 7 nitrogen and oxygen atoms in total. The van der Waals surface area contributed by atoms with Crippen LogP contribution in [0.4, 0.5) is 10.6 Å². The molecular weight excluding hydrogens is 346 g/mol. The van der Waals surface area contributed by atoms with Crippen LogP contribution in [0.5, 0.6) is 17.4 Å². The average Bonchev–Trinajstić information content (AvgIpc) is 2.91. The number of hydrogen-bond donors (Lipinski definition) is 1. The number of benzene rings is 1. The van der Waals surface area contributed by atoms with E-state index < -0.39 is 11.6 Å². The zero-order valence-electron chi connectivity index (χ0n) is 15.3. The lowest BCUT2D eigenvalue weighted by Crippen LogP contribution is -2.43. The minimum atomic E-state index is -0.911. The Kier molecular flexibility index (Phi) is 4.22. The molecule has 1 unspecified atom stereocenters. The van der Waals surface area contributed by atoms with Gasteiger partial charge in [0.15, 0.2) is 0 Å². The molecule has 4 rings (SSSR count). The largest absolute Gasteiger partial charge is 0.493 e. The second kappa shape index (κ2) is 6.57. The molecule has 0 bridgehead atoms. The summed E-state index contributed by atoms with van der Waals surface area (Å²) < 4.78 is 11.5. The average molecular weight is 367 g/mol. The Bertz CT molecular complexity index is 914. The number of carbonyl (C=O) groups excluding carboxylic acids is 2. The number of carbonyl (C=O) groups is 2. The summed E-state index contributed by atoms with van der Waals surface area (Å²) in [5.74, 6) is 1.63. The first kappa shape index (κ1) is 17.3. The summed E-state index contributed by atoms with van der Waals surface area (Å²) in [5.41, 5.74) is 0.249. The molecule has 1 fully saturated rings. The number of aromatic nitrogens is 1. The first-order chi connectivity index (χ1) is 13.0. The van der Waals surface area contributed by atoms with Gasteiger partial charge in [-0.3, -0.25) is 4.79 Å². The summed E-state index contributed by atoms with van der Waals surface area (Å²) in [4.78, 5) is 30.3. The molecule has 3 heterocycles. The van der Waals surface area contributed by atoms with E-state index in [0.717, 1.165) is 29.1 Å². The van der Waals surface area contributed by atoms with E-state index >= 15 is 0 Å². The van der Waals surface area contributed by atoms with Gasteiger partial charge in [0.25, 0.3) is 5.91 Å². The molecule has 27 heavy (non-hydrogen) atoms. The Morgan fingerprint density at radius 2 is 2.15 bits per heavy atom. The molecule has 2 aliphatic rings. The summed E-state index contributed by atoms with van der Waals surface area (Å²) >= 11 is 0. The number of nitrogens with one attached hydrogen (secondary N) is 1. The van der Waals surface area contributed by atoms with E-state index in [9.17, 15) is 9.59 Å². The fourth-order valence-electron chi connectivity index (χ4n) is 3.22. The van der Waals surface area contributed by atoms with Crippen LogP contribution in [-0.4, -0.2) is 29.1 Å². The van der Waals surface area contributed by atoms with Gasteiger partial charge in [0.2, 0.25) is 5.88 Å². The highest BCUT2D eigenvalue weighted by molar-refractivity contribution is 6.22. The third-order valence-corrected chi connectivity index (χ3v) is 5.02. The minimum Gasteiger partial charge on any atom is -0.493 e. The number of hydrogen-bond acceptors (Lipinski definition) is 5. The van der Waals surface area contributed by atoms with E-state index in [1.807, 2.05) is 25.1 Å². The van der Waals surface area contributed by atoms with Crippen LogP contribution in [0.15, 0.2) is 36.4 Å². The summed E-state index contributed by atoms with van der Waals surface area (Å²) in [7, 11) is 0. The Labute approximate surface area is 157 Å². The lowest BCUT2D eigenvalue weighted by Gasteiger charge is -2.19. The van der Waals surface area contributed by atoms with Crippen molar-refractivity contribution in [1.82, 2.24) is 10.3 Å². The zero-order valence-corrected chi connectivity index (χ0v) is 15.3. The highest BCUT2D eigenvalue weighted by Crippen LogP contribution is 2.32. The Morgan fingerprint density at radius 3 is 2.93 bits per heavy atom. The van der Waals surface area contributed by atoms with E-state index in [1.165, 1.54) is 0 Å². The number of rotatable bonds is 4. The van der Waals surface area contributed by atoms with Gasteiger partial charge in [0.1, 0.15) is 22.9 Å². The number of urea groups is 1. The second-order valence-corrected chi connectivity index (χ2v) is 6.91. The molecule has 0 aliphatic carbocycles. The van der Waals surface area contributed by atoms with E-state index in [0.29, 0.717) is 24.7 Å². The maximum atomic E-state index is 12.6. The number of nitrogens with zero attached hydrogens (tertiary/aromatic N) is 2. The highest BCUT2D eigenvalue weighted by atomic mass is 16.5. The van der Waals surface area contributed by atoms with Crippen molar-refractivity contribution in [3.63, 3.8) is 0 Å². The smallest absolute Gasteiger partial charge is 0.330 e. The number of ether oxygens (including phenoxy) is 2. The van der Waals surface area contributed by atoms with Crippen LogP contribution >= 0.6 is 0 Å². The van der Waals surface area contributed by atoms with Crippen LogP contribution in [0.3, 0.4) is 0 Å². The predicted octanol–water partition coefficient (Wildman–Crippen LogP) is 3.42. The lowest BCUT2D eigenvalue weighted by atomic mass is 9.99. The molecule has 0 saturated carbocycles. The van der Waals surface area contributed by atoms with E-state index in [2.05, 4.69) is 10.3 Å². The molecule has 0 spiro atoms. The van der Waals surface area contributed by atoms with Crippen molar-refractivity contribution < 1.29 is 19.1 Å². The molecule has 1 aromatic carbocycles. The van der Waals surface area contributed by atoms with Crippen LogP contribution < -0.4 is 19.7 Å². The molecule has 1 atom stereocenters. The maximum absolute atomic E-state index is 12.6. The molecule has 0 radical (unpaired) electrons. The highest BCUT2D eigenvalue weighted by Gasteiger charge is 2.47. The van der Waals surface area contributed by atoms with Gasteiger partial charge in [-0.2, -0.15) is 4.98 Å². The lowest BCUT2D eigenvalue weighted by molar-refractivity contribution is -0.121. The Morgan fingerprint density at radius 1 is 1.30 bits per heavy atom. The van der Waals surface area contributed by atoms with Gasteiger partial charge < -0.3 is 14.8 Å². The summed E-state index contributed by atoms with van der Waals surface area (Å²) in [6.07, 6.45) is 2.50. The summed E-state index contributed by atoms with van der Waals surface area (Å²) in [6, 6.07) is 10.2. The van der Waals surface area contributed by atoms with Gasteiger partial charge >= 0.3 is 6.03 Å². The molecule has 140 valence electrons. The Balaban J connectivity index is 1.58. The first-order valence-corrected chi connectivity index (χ1v) is 9.07. The number of anilines is 1. The second-order valence-electron chi connectivity index (χ2n) is 6.91.